The van der Waals surface area contributed by atoms with Gasteiger partial charge in [0.25, 0.3) is 0 Å². The van der Waals surface area contributed by atoms with Crippen molar-refractivity contribution in [1.82, 2.24) is 0 Å². The summed E-state index contributed by atoms with van der Waals surface area (Å²) in [5, 5.41) is 17.5. The molecule has 2 N–H and O–H groups in total. The molecule has 0 aliphatic rings. The molecule has 136 valence electrons. The number of ether oxygens (including phenoxy) is 3. The van der Waals surface area contributed by atoms with Crippen LogP contribution in [0.2, 0.25) is 0 Å². The summed E-state index contributed by atoms with van der Waals surface area (Å²) in [5.41, 5.74) is 0. The molecule has 0 aliphatic heterocycles. The van der Waals surface area contributed by atoms with E-state index in [0.717, 1.165) is 25.7 Å². The average molecular weight is 330 g/mol. The Balaban J connectivity index is 4.21. The molecule has 0 saturated carbocycles. The van der Waals surface area contributed by atoms with Crippen LogP contribution in [0.5, 0.6) is 0 Å². The zero-order valence-corrected chi connectivity index (χ0v) is 14.7. The maximum atomic E-state index is 8.74. The Morgan fingerprint density at radius 2 is 1.09 bits per heavy atom. The molecule has 0 aliphatic carbocycles. The summed E-state index contributed by atoms with van der Waals surface area (Å²) < 4.78 is 17.2. The Hall–Kier alpha value is -0.720. The van der Waals surface area contributed by atoms with Gasteiger partial charge in [0.05, 0.1) is 0 Å². The second-order valence-corrected chi connectivity index (χ2v) is 5.03. The largest absolute Gasteiger partial charge is 0.396 e. The van der Waals surface area contributed by atoms with E-state index in [1.54, 1.807) is 0 Å². The highest BCUT2D eigenvalue weighted by molar-refractivity contribution is 4.82. The van der Waals surface area contributed by atoms with Crippen molar-refractivity contribution < 1.29 is 24.4 Å². The van der Waals surface area contributed by atoms with Crippen LogP contribution in [0.1, 0.15) is 52.4 Å². The van der Waals surface area contributed by atoms with Crippen LogP contribution in [0.4, 0.5) is 0 Å². The predicted molar refractivity (Wildman–Crippen MR) is 92.1 cm³/mol. The van der Waals surface area contributed by atoms with Gasteiger partial charge in [-0.3, -0.25) is 0 Å². The van der Waals surface area contributed by atoms with Gasteiger partial charge >= 0.3 is 0 Å². The van der Waals surface area contributed by atoms with Crippen molar-refractivity contribution in [3.8, 4) is 0 Å². The van der Waals surface area contributed by atoms with Gasteiger partial charge < -0.3 is 24.4 Å². The van der Waals surface area contributed by atoms with E-state index in [4.69, 9.17) is 24.4 Å². The number of hydrogen-bond donors (Lipinski definition) is 2. The van der Waals surface area contributed by atoms with Crippen LogP contribution in [0.3, 0.4) is 0 Å². The summed E-state index contributed by atoms with van der Waals surface area (Å²) >= 11 is 0. The van der Waals surface area contributed by atoms with Crippen LogP contribution < -0.4 is 0 Å². The lowest BCUT2D eigenvalue weighted by atomic mass is 10.2. The highest BCUT2D eigenvalue weighted by Gasteiger charge is 2.16. The van der Waals surface area contributed by atoms with Crippen molar-refractivity contribution in [2.45, 2.75) is 65.0 Å². The number of aliphatic hydroxyl groups excluding tert-OH is 2. The second kappa shape index (κ2) is 17.6. The van der Waals surface area contributed by atoms with Crippen LogP contribution >= 0.6 is 0 Å². The zero-order valence-electron chi connectivity index (χ0n) is 14.7. The molecule has 0 heterocycles. The fourth-order valence-corrected chi connectivity index (χ4v) is 2.01. The van der Waals surface area contributed by atoms with Gasteiger partial charge in [-0.05, 0) is 39.5 Å². The molecule has 0 saturated heterocycles. The van der Waals surface area contributed by atoms with Crippen molar-refractivity contribution >= 4 is 0 Å². The highest BCUT2D eigenvalue weighted by Crippen LogP contribution is 2.14. The first-order valence-corrected chi connectivity index (χ1v) is 8.68. The van der Waals surface area contributed by atoms with E-state index in [2.05, 4.69) is 0 Å². The monoisotopic (exact) mass is 330 g/mol. The lowest BCUT2D eigenvalue weighted by Gasteiger charge is -2.24. The van der Waals surface area contributed by atoms with E-state index in [1.165, 1.54) is 0 Å². The maximum Gasteiger partial charge on any atom is 0.161 e. The van der Waals surface area contributed by atoms with Gasteiger partial charge in [-0.1, -0.05) is 24.3 Å². The van der Waals surface area contributed by atoms with Crippen LogP contribution in [-0.4, -0.2) is 49.2 Å². The predicted octanol–water partition coefficient (Wildman–Crippen LogP) is 3.17. The summed E-state index contributed by atoms with van der Waals surface area (Å²) in [5.74, 6) is 0. The normalized spacial score (nSPS) is 14.8. The standard InChI is InChI=1S/C18H34O5/c1-3-21-17(13-9-5-7-11-15-19)23-18(22-4-2)14-10-6-8-12-16-20/h5-8,17-20H,3-4,9-16H2,1-2H3/b7-5-,8-6-. The van der Waals surface area contributed by atoms with Crippen LogP contribution in [0, 0.1) is 0 Å². The summed E-state index contributed by atoms with van der Waals surface area (Å²) in [7, 11) is 0. The zero-order chi connectivity index (χ0) is 17.2. The smallest absolute Gasteiger partial charge is 0.161 e. The summed E-state index contributed by atoms with van der Waals surface area (Å²) in [6, 6.07) is 0. The average Bonchev–Trinajstić information content (AvgIpc) is 2.54. The molecule has 5 heteroatoms. The first-order chi connectivity index (χ1) is 11.3. The lowest BCUT2D eigenvalue weighted by Crippen LogP contribution is -2.27. The molecule has 0 amide bonds. The minimum absolute atomic E-state index is 0.179. The molecule has 0 aromatic rings. The van der Waals surface area contributed by atoms with E-state index >= 15 is 0 Å². The third-order valence-corrected chi connectivity index (χ3v) is 3.07. The Kier molecular flexibility index (Phi) is 17.1. The molecule has 0 spiro atoms. The van der Waals surface area contributed by atoms with E-state index < -0.39 is 0 Å². The molecule has 0 aromatic carbocycles. The van der Waals surface area contributed by atoms with Gasteiger partial charge in [-0.2, -0.15) is 0 Å². The summed E-state index contributed by atoms with van der Waals surface area (Å²) in [6.07, 6.45) is 12.0. The third kappa shape index (κ3) is 14.6. The Morgan fingerprint density at radius 1 is 0.696 bits per heavy atom. The van der Waals surface area contributed by atoms with Gasteiger partial charge in [0.2, 0.25) is 0 Å². The molecule has 0 radical (unpaired) electrons. The van der Waals surface area contributed by atoms with E-state index in [0.29, 0.717) is 26.1 Å². The quantitative estimate of drug-likeness (QED) is 0.336. The van der Waals surface area contributed by atoms with Crippen molar-refractivity contribution in [1.29, 1.82) is 0 Å². The van der Waals surface area contributed by atoms with Gasteiger partial charge in [-0.15, -0.1) is 0 Å². The van der Waals surface area contributed by atoms with E-state index in [1.807, 2.05) is 38.2 Å². The SMILES string of the molecule is CCOC(CC/C=C\CCO)OC(CC/C=C\CCO)OCC. The lowest BCUT2D eigenvalue weighted by molar-refractivity contribution is -0.246. The van der Waals surface area contributed by atoms with Crippen LogP contribution in [-0.2, 0) is 14.2 Å². The molecular weight excluding hydrogens is 296 g/mol. The van der Waals surface area contributed by atoms with Gasteiger partial charge in [-0.25, -0.2) is 0 Å². The van der Waals surface area contributed by atoms with Crippen molar-refractivity contribution in [3.05, 3.63) is 24.3 Å². The Bertz CT molecular complexity index is 263. The van der Waals surface area contributed by atoms with Crippen LogP contribution in [0.25, 0.3) is 0 Å². The fraction of sp³-hybridized carbons (Fsp3) is 0.778. The van der Waals surface area contributed by atoms with Crippen LogP contribution in [0.15, 0.2) is 24.3 Å². The topological polar surface area (TPSA) is 68.2 Å². The third-order valence-electron chi connectivity index (χ3n) is 3.07. The number of hydrogen-bond acceptors (Lipinski definition) is 5. The Morgan fingerprint density at radius 3 is 1.43 bits per heavy atom. The Labute approximate surface area is 140 Å². The molecule has 23 heavy (non-hydrogen) atoms. The molecule has 0 rings (SSSR count). The molecule has 0 aromatic heterocycles. The minimum atomic E-state index is -0.281. The summed E-state index contributed by atoms with van der Waals surface area (Å²) in [6.45, 7) is 5.45. The maximum absolute atomic E-state index is 8.74. The molecule has 2 atom stereocenters. The number of allylic oxidation sites excluding steroid dienone is 2. The molecule has 5 nitrogen and oxygen atoms in total. The van der Waals surface area contributed by atoms with E-state index in [9.17, 15) is 0 Å². The molecule has 0 bridgehead atoms. The van der Waals surface area contributed by atoms with Crippen molar-refractivity contribution in [3.63, 3.8) is 0 Å². The second-order valence-electron chi connectivity index (χ2n) is 5.03. The van der Waals surface area contributed by atoms with E-state index in [-0.39, 0.29) is 25.8 Å². The molecular formula is C18H34O5. The first kappa shape index (κ1) is 22.3. The molecule has 2 unspecified atom stereocenters. The number of rotatable bonds is 16. The minimum Gasteiger partial charge on any atom is -0.396 e. The molecule has 0 fully saturated rings. The summed E-state index contributed by atoms with van der Waals surface area (Å²) in [4.78, 5) is 0. The van der Waals surface area contributed by atoms with Crippen molar-refractivity contribution in [2.24, 2.45) is 0 Å². The van der Waals surface area contributed by atoms with Crippen molar-refractivity contribution in [2.75, 3.05) is 26.4 Å². The van der Waals surface area contributed by atoms with Gasteiger partial charge in [0.15, 0.2) is 12.6 Å². The first-order valence-electron chi connectivity index (χ1n) is 8.68. The van der Waals surface area contributed by atoms with Gasteiger partial charge in [0, 0.05) is 39.3 Å². The fourth-order valence-electron chi connectivity index (χ4n) is 2.01. The highest BCUT2D eigenvalue weighted by atomic mass is 16.8. The van der Waals surface area contributed by atoms with Gasteiger partial charge in [0.1, 0.15) is 0 Å². The number of aliphatic hydroxyl groups is 2.